The van der Waals surface area contributed by atoms with Gasteiger partial charge in [0.2, 0.25) is 15.9 Å². The fraction of sp³-hybridized carbons (Fsp3) is 0.421. The second kappa shape index (κ2) is 7.84. The van der Waals surface area contributed by atoms with E-state index in [1.54, 1.807) is 38.1 Å². The molecule has 0 radical (unpaired) electrons. The summed E-state index contributed by atoms with van der Waals surface area (Å²) < 4.78 is 27.4. The number of anilines is 1. The number of rotatable bonds is 5. The predicted molar refractivity (Wildman–Crippen MR) is 105 cm³/mol. The van der Waals surface area contributed by atoms with Gasteiger partial charge in [-0.1, -0.05) is 12.1 Å². The molecule has 1 atom stereocenters. The summed E-state index contributed by atoms with van der Waals surface area (Å²) in [5, 5.41) is 9.48. The third-order valence-corrected chi connectivity index (χ3v) is 7.08. The van der Waals surface area contributed by atoms with E-state index in [1.165, 1.54) is 11.2 Å². The van der Waals surface area contributed by atoms with Crippen LogP contribution in [-0.4, -0.2) is 47.7 Å². The maximum Gasteiger partial charge on any atom is 0.246 e. The summed E-state index contributed by atoms with van der Waals surface area (Å²) in [6.45, 7) is 5.26. The van der Waals surface area contributed by atoms with Gasteiger partial charge < -0.3 is 5.32 Å². The fourth-order valence-corrected chi connectivity index (χ4v) is 5.34. The van der Waals surface area contributed by atoms with E-state index in [-0.39, 0.29) is 23.1 Å². The molecule has 8 nitrogen and oxygen atoms in total. The number of nitrogens with zero attached hydrogens (tertiary/aromatic N) is 2. The molecular formula is C19H24N4O4S. The van der Waals surface area contributed by atoms with Crippen LogP contribution in [0, 0.1) is 19.8 Å². The van der Waals surface area contributed by atoms with Crippen molar-refractivity contribution in [2.24, 2.45) is 5.92 Å². The minimum Gasteiger partial charge on any atom is -0.326 e. The van der Waals surface area contributed by atoms with Crippen molar-refractivity contribution < 1.29 is 18.0 Å². The van der Waals surface area contributed by atoms with E-state index < -0.39 is 15.9 Å². The standard InChI is InChI=1S/C19H24N4O4S/c1-12-18(13(2)22-21-12)28(26,27)23-9-5-7-16(11-23)19(25)20-17-8-4-6-15(10-17)14(3)24/h4,6,8,10,16H,5,7,9,11H2,1-3H3,(H,20,25)(H,21,22)/t16-/m1/s1. The zero-order chi connectivity index (χ0) is 20.5. The van der Waals surface area contributed by atoms with Gasteiger partial charge >= 0.3 is 0 Å². The zero-order valence-electron chi connectivity index (χ0n) is 16.2. The van der Waals surface area contributed by atoms with E-state index in [9.17, 15) is 18.0 Å². The lowest BCUT2D eigenvalue weighted by Gasteiger charge is -2.31. The highest BCUT2D eigenvalue weighted by Gasteiger charge is 2.35. The number of piperidine rings is 1. The highest BCUT2D eigenvalue weighted by atomic mass is 32.2. The van der Waals surface area contributed by atoms with Crippen molar-refractivity contribution in [2.45, 2.75) is 38.5 Å². The summed E-state index contributed by atoms with van der Waals surface area (Å²) >= 11 is 0. The Morgan fingerprint density at radius 3 is 2.68 bits per heavy atom. The molecule has 2 aromatic rings. The molecule has 1 fully saturated rings. The topological polar surface area (TPSA) is 112 Å². The number of aryl methyl sites for hydroxylation is 2. The van der Waals surface area contributed by atoms with Gasteiger partial charge in [0.1, 0.15) is 4.90 Å². The van der Waals surface area contributed by atoms with Crippen LogP contribution in [0.4, 0.5) is 5.69 Å². The molecule has 1 aliphatic heterocycles. The molecule has 2 N–H and O–H groups in total. The van der Waals surface area contributed by atoms with Crippen LogP contribution in [0.3, 0.4) is 0 Å². The molecule has 0 aliphatic carbocycles. The average molecular weight is 404 g/mol. The van der Waals surface area contributed by atoms with E-state index in [0.717, 1.165) is 0 Å². The van der Waals surface area contributed by atoms with Crippen LogP contribution in [0.2, 0.25) is 0 Å². The van der Waals surface area contributed by atoms with E-state index in [2.05, 4.69) is 15.5 Å². The molecule has 0 bridgehead atoms. The van der Waals surface area contributed by atoms with Gasteiger partial charge in [-0.15, -0.1) is 0 Å². The lowest BCUT2D eigenvalue weighted by molar-refractivity contribution is -0.120. The molecule has 1 amide bonds. The number of sulfonamides is 1. The average Bonchev–Trinajstić information content (AvgIpc) is 3.01. The maximum absolute atomic E-state index is 13.0. The lowest BCUT2D eigenvalue weighted by atomic mass is 9.98. The summed E-state index contributed by atoms with van der Waals surface area (Å²) in [7, 11) is -3.72. The van der Waals surface area contributed by atoms with Crippen molar-refractivity contribution in [3.05, 3.63) is 41.2 Å². The molecule has 0 saturated carbocycles. The largest absolute Gasteiger partial charge is 0.326 e. The first-order chi connectivity index (χ1) is 13.2. The molecule has 1 aromatic carbocycles. The number of ketones is 1. The Morgan fingerprint density at radius 1 is 1.29 bits per heavy atom. The van der Waals surface area contributed by atoms with Crippen molar-refractivity contribution in [1.29, 1.82) is 0 Å². The minimum atomic E-state index is -3.72. The minimum absolute atomic E-state index is 0.0862. The maximum atomic E-state index is 13.0. The second-order valence-corrected chi connectivity index (χ2v) is 8.97. The third-order valence-electron chi connectivity index (χ3n) is 4.95. The number of benzene rings is 1. The van der Waals surface area contributed by atoms with Gasteiger partial charge in [-0.2, -0.15) is 9.40 Å². The van der Waals surface area contributed by atoms with E-state index in [4.69, 9.17) is 0 Å². The Balaban J connectivity index is 1.75. The molecule has 3 rings (SSSR count). The number of Topliss-reactive ketones (excluding diaryl/α,β-unsaturated/α-hetero) is 1. The molecule has 150 valence electrons. The Morgan fingerprint density at radius 2 is 2.04 bits per heavy atom. The number of amides is 1. The van der Waals surface area contributed by atoms with Crippen LogP contribution in [0.15, 0.2) is 29.2 Å². The number of nitrogens with one attached hydrogen (secondary N) is 2. The fourth-order valence-electron chi connectivity index (χ4n) is 3.48. The first-order valence-corrected chi connectivity index (χ1v) is 10.6. The summed E-state index contributed by atoms with van der Waals surface area (Å²) in [4.78, 5) is 24.4. The van der Waals surface area contributed by atoms with E-state index >= 15 is 0 Å². The summed E-state index contributed by atoms with van der Waals surface area (Å²) in [5.41, 5.74) is 1.95. The Kier molecular flexibility index (Phi) is 5.66. The zero-order valence-corrected chi connectivity index (χ0v) is 17.0. The summed E-state index contributed by atoms with van der Waals surface area (Å²) in [6, 6.07) is 6.71. The van der Waals surface area contributed by atoms with Crippen LogP contribution >= 0.6 is 0 Å². The SMILES string of the molecule is CC(=O)c1cccc(NC(=O)[C@@H]2CCCN(S(=O)(=O)c3c(C)n[nH]c3C)C2)c1. The Hall–Kier alpha value is -2.52. The van der Waals surface area contributed by atoms with Crippen LogP contribution in [0.5, 0.6) is 0 Å². The van der Waals surface area contributed by atoms with Gasteiger partial charge in [0.05, 0.1) is 17.3 Å². The molecule has 0 spiro atoms. The number of hydrogen-bond donors (Lipinski definition) is 2. The van der Waals surface area contributed by atoms with Gasteiger partial charge in [0.15, 0.2) is 5.78 Å². The molecule has 0 unspecified atom stereocenters. The molecule has 1 saturated heterocycles. The van der Waals surface area contributed by atoms with Crippen molar-refractivity contribution in [1.82, 2.24) is 14.5 Å². The summed E-state index contributed by atoms with van der Waals surface area (Å²) in [5.74, 6) is -0.796. The van der Waals surface area contributed by atoms with Gasteiger partial charge in [0, 0.05) is 24.3 Å². The Labute approximate surface area is 164 Å². The van der Waals surface area contributed by atoms with Crippen LogP contribution in [-0.2, 0) is 14.8 Å². The van der Waals surface area contributed by atoms with Crippen molar-refractivity contribution in [3.63, 3.8) is 0 Å². The Bertz CT molecular complexity index is 993. The quantitative estimate of drug-likeness (QED) is 0.743. The molecule has 1 aliphatic rings. The first-order valence-electron chi connectivity index (χ1n) is 9.13. The number of H-pyrrole nitrogens is 1. The van der Waals surface area contributed by atoms with Gasteiger partial charge in [0.25, 0.3) is 0 Å². The molecule has 2 heterocycles. The third kappa shape index (κ3) is 4.00. The monoisotopic (exact) mass is 404 g/mol. The second-order valence-electron chi connectivity index (χ2n) is 7.09. The van der Waals surface area contributed by atoms with Crippen molar-refractivity contribution >= 4 is 27.4 Å². The molecule has 9 heteroatoms. The van der Waals surface area contributed by atoms with Gasteiger partial charge in [-0.3, -0.25) is 14.7 Å². The number of carbonyl (C=O) groups is 2. The van der Waals surface area contributed by atoms with Crippen molar-refractivity contribution in [2.75, 3.05) is 18.4 Å². The lowest BCUT2D eigenvalue weighted by Crippen LogP contribution is -2.43. The van der Waals surface area contributed by atoms with Crippen LogP contribution in [0.1, 0.15) is 41.5 Å². The van der Waals surface area contributed by atoms with Gasteiger partial charge in [-0.25, -0.2) is 8.42 Å². The molecule has 1 aromatic heterocycles. The first kappa shape index (κ1) is 20.2. The molecular weight excluding hydrogens is 380 g/mol. The molecule has 28 heavy (non-hydrogen) atoms. The van der Waals surface area contributed by atoms with Crippen molar-refractivity contribution in [3.8, 4) is 0 Å². The highest BCUT2D eigenvalue weighted by molar-refractivity contribution is 7.89. The normalized spacial score (nSPS) is 18.0. The van der Waals surface area contributed by atoms with Crippen LogP contribution < -0.4 is 5.32 Å². The highest BCUT2D eigenvalue weighted by Crippen LogP contribution is 2.27. The number of aromatic nitrogens is 2. The van der Waals surface area contributed by atoms with Gasteiger partial charge in [-0.05, 0) is 45.7 Å². The number of carbonyl (C=O) groups excluding carboxylic acids is 2. The number of aromatic amines is 1. The summed E-state index contributed by atoms with van der Waals surface area (Å²) in [6.07, 6.45) is 1.20. The van der Waals surface area contributed by atoms with E-state index in [1.807, 2.05) is 0 Å². The predicted octanol–water partition coefficient (Wildman–Crippen LogP) is 2.27. The smallest absolute Gasteiger partial charge is 0.246 e. The van der Waals surface area contributed by atoms with E-state index in [0.29, 0.717) is 42.0 Å². The number of hydrogen-bond acceptors (Lipinski definition) is 5. The van der Waals surface area contributed by atoms with Crippen LogP contribution in [0.25, 0.3) is 0 Å².